The predicted octanol–water partition coefficient (Wildman–Crippen LogP) is 2.56. The average molecular weight is 340 g/mol. The van der Waals surface area contributed by atoms with Crippen LogP contribution < -0.4 is 10.6 Å². The first-order valence-corrected chi connectivity index (χ1v) is 8.27. The van der Waals surface area contributed by atoms with Gasteiger partial charge in [-0.15, -0.1) is 11.3 Å². The molecule has 0 aliphatic carbocycles. The lowest BCUT2D eigenvalue weighted by Crippen LogP contribution is -2.35. The van der Waals surface area contributed by atoms with Crippen LogP contribution in [0.5, 0.6) is 0 Å². The number of carbonyl (C=O) groups excluding carboxylic acids is 2. The van der Waals surface area contributed by atoms with Crippen LogP contribution in [-0.4, -0.2) is 21.8 Å². The maximum Gasteiger partial charge on any atom is 0.313 e. The van der Waals surface area contributed by atoms with E-state index in [0.29, 0.717) is 11.2 Å². The normalized spacial score (nSPS) is 10.6. The van der Waals surface area contributed by atoms with Crippen LogP contribution in [0.25, 0.3) is 10.9 Å². The Bertz CT molecular complexity index is 920. The highest BCUT2D eigenvalue weighted by Gasteiger charge is 2.15. The number of hydrogen-bond acceptors (Lipinski definition) is 5. The van der Waals surface area contributed by atoms with E-state index >= 15 is 0 Å². The lowest BCUT2D eigenvalue weighted by atomic mass is 10.1. The molecule has 7 heteroatoms. The van der Waals surface area contributed by atoms with E-state index in [-0.39, 0.29) is 6.54 Å². The van der Waals surface area contributed by atoms with E-state index in [2.05, 4.69) is 20.6 Å². The molecular formula is C17H16N4O2S. The summed E-state index contributed by atoms with van der Waals surface area (Å²) in [6.07, 6.45) is 0. The summed E-state index contributed by atoms with van der Waals surface area (Å²) in [5.74, 6) is -1.42. The van der Waals surface area contributed by atoms with Crippen molar-refractivity contribution in [3.63, 3.8) is 0 Å². The van der Waals surface area contributed by atoms with Crippen LogP contribution in [0.1, 0.15) is 16.4 Å². The summed E-state index contributed by atoms with van der Waals surface area (Å²) >= 11 is 1.44. The number of carbonyl (C=O) groups is 2. The number of fused-ring (bicyclic) bond motifs is 1. The molecule has 6 nitrogen and oxygen atoms in total. The molecule has 0 aliphatic rings. The van der Waals surface area contributed by atoms with Gasteiger partial charge in [0.05, 0.1) is 17.7 Å². The first-order valence-electron chi connectivity index (χ1n) is 7.39. The standard InChI is InChI=1S/C17H16N4O2S/c1-10-6-7-12-4-3-5-13(15(12)20-10)21-17(23)16(22)18-8-14-19-11(2)9-24-14/h3-7,9H,8H2,1-2H3,(H,18,22)(H,21,23). The number of pyridine rings is 1. The fourth-order valence-electron chi connectivity index (χ4n) is 2.24. The van der Waals surface area contributed by atoms with Crippen molar-refractivity contribution in [1.29, 1.82) is 0 Å². The molecule has 2 heterocycles. The molecule has 1 aromatic carbocycles. The van der Waals surface area contributed by atoms with Gasteiger partial charge in [-0.2, -0.15) is 0 Å². The Morgan fingerprint density at radius 2 is 1.88 bits per heavy atom. The van der Waals surface area contributed by atoms with Gasteiger partial charge in [0, 0.05) is 22.2 Å². The molecule has 2 N–H and O–H groups in total. The number of hydrogen-bond donors (Lipinski definition) is 2. The number of rotatable bonds is 3. The van der Waals surface area contributed by atoms with Crippen molar-refractivity contribution >= 4 is 39.7 Å². The Balaban J connectivity index is 1.70. The zero-order valence-corrected chi connectivity index (χ0v) is 14.1. The number of amides is 2. The van der Waals surface area contributed by atoms with E-state index in [1.807, 2.05) is 43.5 Å². The van der Waals surface area contributed by atoms with Gasteiger partial charge in [-0.05, 0) is 26.0 Å². The van der Waals surface area contributed by atoms with Crippen molar-refractivity contribution in [2.75, 3.05) is 5.32 Å². The molecule has 24 heavy (non-hydrogen) atoms. The molecule has 3 rings (SSSR count). The van der Waals surface area contributed by atoms with Crippen LogP contribution in [0, 0.1) is 13.8 Å². The number of aryl methyl sites for hydroxylation is 2. The lowest BCUT2D eigenvalue weighted by molar-refractivity contribution is -0.136. The third-order valence-electron chi connectivity index (χ3n) is 3.38. The monoisotopic (exact) mass is 340 g/mol. The number of benzene rings is 1. The molecule has 0 bridgehead atoms. The molecule has 122 valence electrons. The Hall–Kier alpha value is -2.80. The predicted molar refractivity (Wildman–Crippen MR) is 93.8 cm³/mol. The second-order valence-corrected chi connectivity index (χ2v) is 6.29. The van der Waals surface area contributed by atoms with Crippen LogP contribution in [0.4, 0.5) is 5.69 Å². The van der Waals surface area contributed by atoms with Crippen LogP contribution in [-0.2, 0) is 16.1 Å². The molecule has 0 atom stereocenters. The van der Waals surface area contributed by atoms with Crippen molar-refractivity contribution in [1.82, 2.24) is 15.3 Å². The van der Waals surface area contributed by atoms with Crippen molar-refractivity contribution in [2.45, 2.75) is 20.4 Å². The van der Waals surface area contributed by atoms with Crippen LogP contribution in [0.2, 0.25) is 0 Å². The molecule has 2 aromatic heterocycles. The Morgan fingerprint density at radius 1 is 1.04 bits per heavy atom. The molecule has 0 unspecified atom stereocenters. The van der Waals surface area contributed by atoms with Gasteiger partial charge in [0.2, 0.25) is 0 Å². The number of nitrogens with zero attached hydrogens (tertiary/aromatic N) is 2. The molecule has 0 spiro atoms. The second-order valence-electron chi connectivity index (χ2n) is 5.35. The minimum atomic E-state index is -0.723. The molecule has 0 radical (unpaired) electrons. The van der Waals surface area contributed by atoms with Gasteiger partial charge in [0.15, 0.2) is 0 Å². The average Bonchev–Trinajstić information content (AvgIpc) is 2.98. The van der Waals surface area contributed by atoms with E-state index in [0.717, 1.165) is 21.8 Å². The van der Waals surface area contributed by atoms with Gasteiger partial charge in [-0.1, -0.05) is 18.2 Å². The highest BCUT2D eigenvalue weighted by atomic mass is 32.1. The maximum absolute atomic E-state index is 12.1. The molecule has 0 saturated carbocycles. The summed E-state index contributed by atoms with van der Waals surface area (Å²) < 4.78 is 0. The van der Waals surface area contributed by atoms with Gasteiger partial charge < -0.3 is 10.6 Å². The van der Waals surface area contributed by atoms with Crippen LogP contribution in [0.3, 0.4) is 0 Å². The minimum absolute atomic E-state index is 0.234. The smallest absolute Gasteiger partial charge is 0.313 e. The van der Waals surface area contributed by atoms with E-state index in [4.69, 9.17) is 0 Å². The van der Waals surface area contributed by atoms with Crippen molar-refractivity contribution in [2.24, 2.45) is 0 Å². The van der Waals surface area contributed by atoms with Gasteiger partial charge in [0.25, 0.3) is 0 Å². The number of anilines is 1. The zero-order valence-electron chi connectivity index (χ0n) is 13.3. The quantitative estimate of drug-likeness (QED) is 0.718. The fraction of sp³-hybridized carbons (Fsp3) is 0.176. The van der Waals surface area contributed by atoms with Crippen molar-refractivity contribution in [3.8, 4) is 0 Å². The van der Waals surface area contributed by atoms with Crippen LogP contribution >= 0.6 is 11.3 Å². The number of para-hydroxylation sites is 1. The molecule has 3 aromatic rings. The highest BCUT2D eigenvalue weighted by Crippen LogP contribution is 2.21. The highest BCUT2D eigenvalue weighted by molar-refractivity contribution is 7.09. The van der Waals surface area contributed by atoms with Gasteiger partial charge in [-0.25, -0.2) is 4.98 Å². The summed E-state index contributed by atoms with van der Waals surface area (Å²) in [6.45, 7) is 3.99. The fourth-order valence-corrected chi connectivity index (χ4v) is 2.96. The molecule has 0 aliphatic heterocycles. The van der Waals surface area contributed by atoms with Crippen molar-refractivity contribution < 1.29 is 9.59 Å². The van der Waals surface area contributed by atoms with Gasteiger partial charge >= 0.3 is 11.8 Å². The Kier molecular flexibility index (Phi) is 4.52. The summed E-state index contributed by atoms with van der Waals surface area (Å²) in [5.41, 5.74) is 2.91. The molecule has 2 amide bonds. The van der Waals surface area contributed by atoms with Crippen LogP contribution in [0.15, 0.2) is 35.7 Å². The third kappa shape index (κ3) is 3.57. The topological polar surface area (TPSA) is 84.0 Å². The Labute approximate surface area is 142 Å². The maximum atomic E-state index is 12.1. The third-order valence-corrected chi connectivity index (χ3v) is 4.35. The Morgan fingerprint density at radius 3 is 2.62 bits per heavy atom. The first-order chi connectivity index (χ1) is 11.5. The number of thiazole rings is 1. The van der Waals surface area contributed by atoms with Gasteiger partial charge in [-0.3, -0.25) is 14.6 Å². The second kappa shape index (κ2) is 6.76. The summed E-state index contributed by atoms with van der Waals surface area (Å²) in [4.78, 5) is 32.7. The molecule has 0 saturated heterocycles. The van der Waals surface area contributed by atoms with E-state index in [1.54, 1.807) is 6.07 Å². The van der Waals surface area contributed by atoms with E-state index in [9.17, 15) is 9.59 Å². The summed E-state index contributed by atoms with van der Waals surface area (Å²) in [6, 6.07) is 9.27. The lowest BCUT2D eigenvalue weighted by Gasteiger charge is -2.08. The number of aromatic nitrogens is 2. The minimum Gasteiger partial charge on any atom is -0.341 e. The first kappa shape index (κ1) is 16.1. The van der Waals surface area contributed by atoms with Crippen molar-refractivity contribution in [3.05, 3.63) is 52.1 Å². The van der Waals surface area contributed by atoms with E-state index in [1.165, 1.54) is 11.3 Å². The summed E-state index contributed by atoms with van der Waals surface area (Å²) in [5, 5.41) is 8.75. The number of nitrogens with one attached hydrogen (secondary N) is 2. The molecule has 0 fully saturated rings. The zero-order chi connectivity index (χ0) is 17.1. The van der Waals surface area contributed by atoms with Gasteiger partial charge in [0.1, 0.15) is 5.01 Å². The molecular weight excluding hydrogens is 324 g/mol. The van der Waals surface area contributed by atoms with E-state index < -0.39 is 11.8 Å². The largest absolute Gasteiger partial charge is 0.341 e. The SMILES string of the molecule is Cc1csc(CNC(=O)C(=O)Nc2cccc3ccc(C)nc23)n1. The summed E-state index contributed by atoms with van der Waals surface area (Å²) in [7, 11) is 0.